The molecule has 5 nitrogen and oxygen atoms in total. The van der Waals surface area contributed by atoms with Crippen LogP contribution in [0, 0.1) is 0 Å². The van der Waals surface area contributed by atoms with E-state index in [9.17, 15) is 9.90 Å². The minimum atomic E-state index is -3.04. The lowest BCUT2D eigenvalue weighted by atomic mass is 10.2. The molecule has 0 rings (SSSR count). The average Bonchev–Trinajstić information content (AvgIpc) is 2.84. The van der Waals surface area contributed by atoms with Crippen molar-refractivity contribution in [3.05, 3.63) is 12.2 Å². The van der Waals surface area contributed by atoms with Gasteiger partial charge in [-0.25, -0.2) is 4.79 Å². The van der Waals surface area contributed by atoms with E-state index in [2.05, 4.69) is 68.9 Å². The second-order valence-electron chi connectivity index (χ2n) is 9.48. The first-order valence-electron chi connectivity index (χ1n) is 13.5. The van der Waals surface area contributed by atoms with Gasteiger partial charge in [-0.2, -0.15) is 0 Å². The van der Waals surface area contributed by atoms with Crippen molar-refractivity contribution in [3.8, 4) is 0 Å². The highest BCUT2D eigenvalue weighted by molar-refractivity contribution is 6.92. The Labute approximate surface area is 209 Å². The molecule has 0 radical (unpaired) electrons. The zero-order valence-corrected chi connectivity index (χ0v) is 27.3. The largest absolute Gasteiger partial charge is 0.478 e. The topological polar surface area (TPSA) is 65.0 Å². The smallest absolute Gasteiger partial charge is 0.469 e. The van der Waals surface area contributed by atoms with Gasteiger partial charge >= 0.3 is 14.8 Å². The molecule has 0 heterocycles. The molecule has 0 bridgehead atoms. The lowest BCUT2D eigenvalue weighted by Gasteiger charge is -2.48. The molecule has 0 aliphatic carbocycles. The van der Waals surface area contributed by atoms with Crippen LogP contribution in [0.2, 0.25) is 60.4 Å². The Balaban J connectivity index is 6.62. The molecule has 0 aliphatic rings. The molecule has 0 amide bonds. The molecule has 0 fully saturated rings. The first kappa shape index (κ1) is 33.0. The number of hydrogen-bond donors (Lipinski definition) is 1. The summed E-state index contributed by atoms with van der Waals surface area (Å²) in [6, 6.07) is 10.2. The van der Waals surface area contributed by atoms with Crippen LogP contribution in [0.1, 0.15) is 75.2 Å². The highest BCUT2D eigenvalue weighted by Gasteiger charge is 2.54. The summed E-state index contributed by atoms with van der Waals surface area (Å²) in [5, 5.41) is 9.35. The summed E-state index contributed by atoms with van der Waals surface area (Å²) in [5.41, 5.74) is 0.262. The summed E-state index contributed by atoms with van der Waals surface area (Å²) >= 11 is 0. The minimum Gasteiger partial charge on any atom is -0.478 e. The van der Waals surface area contributed by atoms with Gasteiger partial charge in [0.25, 0.3) is 0 Å². The van der Waals surface area contributed by atoms with Gasteiger partial charge in [0.15, 0.2) is 25.0 Å². The predicted molar refractivity (Wildman–Crippen MR) is 151 cm³/mol. The molecule has 0 aromatic heterocycles. The van der Waals surface area contributed by atoms with Crippen molar-refractivity contribution < 1.29 is 22.2 Å². The van der Waals surface area contributed by atoms with E-state index in [1.807, 2.05) is 0 Å². The van der Waals surface area contributed by atoms with Gasteiger partial charge in [-0.15, -0.1) is 0 Å². The molecule has 0 spiro atoms. The third kappa shape index (κ3) is 9.16. The van der Waals surface area contributed by atoms with Gasteiger partial charge in [-0.1, -0.05) is 68.9 Å². The summed E-state index contributed by atoms with van der Waals surface area (Å²) < 4.78 is 22.1. The zero-order chi connectivity index (χ0) is 25.8. The van der Waals surface area contributed by atoms with Crippen LogP contribution >= 0.6 is 0 Å². The fourth-order valence-electron chi connectivity index (χ4n) is 4.73. The first-order chi connectivity index (χ1) is 15.5. The predicted octanol–water partition coefficient (Wildman–Crippen LogP) is 8.41. The third-order valence-electron chi connectivity index (χ3n) is 8.18. The van der Waals surface area contributed by atoms with Gasteiger partial charge in [0.05, 0.1) is 0 Å². The van der Waals surface area contributed by atoms with Gasteiger partial charge in [0, 0.05) is 11.6 Å². The maximum absolute atomic E-state index is 11.4. The Morgan fingerprint density at radius 1 is 0.636 bits per heavy atom. The van der Waals surface area contributed by atoms with Crippen LogP contribution in [-0.4, -0.2) is 44.8 Å². The monoisotopic (exact) mass is 534 g/mol. The molecule has 196 valence electrons. The van der Waals surface area contributed by atoms with E-state index in [1.165, 1.54) is 0 Å². The number of rotatable bonds is 20. The third-order valence-corrected chi connectivity index (χ3v) is 29.7. The van der Waals surface area contributed by atoms with E-state index in [1.54, 1.807) is 0 Å². The van der Waals surface area contributed by atoms with E-state index in [4.69, 9.17) is 12.3 Å². The maximum atomic E-state index is 11.4. The van der Waals surface area contributed by atoms with Crippen molar-refractivity contribution >= 4 is 39.7 Å². The molecule has 9 heteroatoms. The lowest BCUT2D eigenvalue weighted by Crippen LogP contribution is -2.64. The highest BCUT2D eigenvalue weighted by atomic mass is 28.5. The maximum Gasteiger partial charge on any atom is 0.469 e. The number of carbonyl (C=O) groups is 1. The van der Waals surface area contributed by atoms with Gasteiger partial charge < -0.3 is 17.5 Å². The number of carboxylic acid groups (broad SMARTS) is 1. The normalized spacial score (nSPS) is 13.4. The van der Waals surface area contributed by atoms with E-state index in [0.29, 0.717) is 18.9 Å². The summed E-state index contributed by atoms with van der Waals surface area (Å²) in [4.78, 5) is 11.4. The van der Waals surface area contributed by atoms with Crippen LogP contribution < -0.4 is 0 Å². The van der Waals surface area contributed by atoms with Crippen LogP contribution in [0.4, 0.5) is 0 Å². The molecule has 1 N–H and O–H groups in total. The Morgan fingerprint density at radius 2 is 0.909 bits per heavy atom. The molecule has 0 aromatic rings. The molecule has 0 saturated heterocycles. The van der Waals surface area contributed by atoms with Crippen LogP contribution in [0.25, 0.3) is 0 Å². The summed E-state index contributed by atoms with van der Waals surface area (Å²) in [6.45, 7) is 24.1. The Kier molecular flexibility index (Phi) is 15.1. The molecular formula is C24H54O5Si4. The highest BCUT2D eigenvalue weighted by Crippen LogP contribution is 2.39. The average molecular weight is 535 g/mol. The van der Waals surface area contributed by atoms with Gasteiger partial charge in [-0.3, -0.25) is 0 Å². The van der Waals surface area contributed by atoms with E-state index < -0.39 is 39.7 Å². The fourth-order valence-corrected chi connectivity index (χ4v) is 25.8. The van der Waals surface area contributed by atoms with Crippen LogP contribution in [-0.2, 0) is 17.1 Å². The Bertz CT molecular complexity index is 508. The summed E-state index contributed by atoms with van der Waals surface area (Å²) in [6.07, 6.45) is 1.15. The molecule has 0 aliphatic heterocycles. The number of aliphatic carboxylic acids is 1. The van der Waals surface area contributed by atoms with Gasteiger partial charge in [0.1, 0.15) is 0 Å². The van der Waals surface area contributed by atoms with E-state index in [0.717, 1.165) is 54.4 Å². The molecule has 0 saturated carbocycles. The first-order valence-corrected chi connectivity index (χ1v) is 23.0. The van der Waals surface area contributed by atoms with Crippen molar-refractivity contribution in [2.45, 2.75) is 136 Å². The zero-order valence-electron chi connectivity index (χ0n) is 23.3. The molecule has 0 unspecified atom stereocenters. The Morgan fingerprint density at radius 3 is 1.12 bits per heavy atom. The van der Waals surface area contributed by atoms with Crippen LogP contribution in [0.3, 0.4) is 0 Å². The molecular weight excluding hydrogens is 481 g/mol. The standard InChI is InChI=1S/C24H54O5Si4/c1-11-30(12-2,13-3)27-33(22-20-21-23(10)24(25)26,28-31(14-4,15-5)16-6)29-32(17-7,18-8)19-9/h10-22H2,1-9H3,(H,25,26). The quantitative estimate of drug-likeness (QED) is 0.125. The second kappa shape index (κ2) is 15.2. The van der Waals surface area contributed by atoms with Crippen molar-refractivity contribution in [2.24, 2.45) is 0 Å². The van der Waals surface area contributed by atoms with Gasteiger partial charge in [0.2, 0.25) is 0 Å². The van der Waals surface area contributed by atoms with Crippen molar-refractivity contribution in [1.29, 1.82) is 0 Å². The molecule has 33 heavy (non-hydrogen) atoms. The fraction of sp³-hybridized carbons (Fsp3) is 0.875. The minimum absolute atomic E-state index is 0.262. The van der Waals surface area contributed by atoms with Crippen molar-refractivity contribution in [3.63, 3.8) is 0 Å². The summed E-state index contributed by atoms with van der Waals surface area (Å²) in [7, 11) is -9.07. The van der Waals surface area contributed by atoms with Gasteiger partial charge in [-0.05, 0) is 67.2 Å². The SMILES string of the molecule is C=C(CCC[Si](O[Si](CC)(CC)CC)(O[Si](CC)(CC)CC)O[Si](CC)(CC)CC)C(=O)O. The van der Waals surface area contributed by atoms with Crippen LogP contribution in [0.15, 0.2) is 12.2 Å². The molecule has 0 atom stereocenters. The van der Waals surface area contributed by atoms with Crippen LogP contribution in [0.5, 0.6) is 0 Å². The van der Waals surface area contributed by atoms with Crippen molar-refractivity contribution in [1.82, 2.24) is 0 Å². The van der Waals surface area contributed by atoms with E-state index >= 15 is 0 Å². The second-order valence-corrected chi connectivity index (χ2v) is 27.3. The van der Waals surface area contributed by atoms with E-state index in [-0.39, 0.29) is 5.57 Å². The molecule has 0 aromatic carbocycles. The van der Waals surface area contributed by atoms with Crippen molar-refractivity contribution in [2.75, 3.05) is 0 Å². The Hall–Kier alpha value is -0.0425. The number of carboxylic acids is 1. The number of hydrogen-bond acceptors (Lipinski definition) is 4. The lowest BCUT2D eigenvalue weighted by molar-refractivity contribution is -0.132. The summed E-state index contributed by atoms with van der Waals surface area (Å²) in [5.74, 6) is -0.914.